The first kappa shape index (κ1) is 12.0. The molecule has 0 bridgehead atoms. The minimum Gasteiger partial charge on any atom is -0.368 e. The van der Waals surface area contributed by atoms with Crippen molar-refractivity contribution in [1.29, 1.82) is 0 Å². The first-order valence-corrected chi connectivity index (χ1v) is 5.79. The minimum absolute atomic E-state index is 0.104. The number of hydrogen-bond acceptors (Lipinski definition) is 8. The molecule has 0 fully saturated rings. The normalized spacial score (nSPS) is 10.7. The van der Waals surface area contributed by atoms with E-state index in [1.54, 1.807) is 6.20 Å². The molecule has 0 aliphatic heterocycles. The third-order valence-corrected chi connectivity index (χ3v) is 2.59. The smallest absolute Gasteiger partial charge is 0.258 e. The van der Waals surface area contributed by atoms with Crippen LogP contribution in [0.5, 0.6) is 0 Å². The van der Waals surface area contributed by atoms with Gasteiger partial charge >= 0.3 is 0 Å². The van der Waals surface area contributed by atoms with Crippen molar-refractivity contribution in [2.24, 2.45) is 7.05 Å². The van der Waals surface area contributed by atoms with E-state index in [1.165, 1.54) is 17.3 Å². The van der Waals surface area contributed by atoms with Crippen molar-refractivity contribution >= 4 is 11.9 Å². The standard InChI is InChI=1S/C10H12N10/c1-19-3-2-13-7(19)4-14-9-16-8(11)17-10(18-9)20-6-12-5-15-20/h2-3,5-6H,4H2,1H3,(H3,11,14,16,17,18). The summed E-state index contributed by atoms with van der Waals surface area (Å²) in [6, 6.07) is 0. The van der Waals surface area contributed by atoms with Crippen LogP contribution in [0.25, 0.3) is 5.95 Å². The molecular weight excluding hydrogens is 260 g/mol. The Hall–Kier alpha value is -3.04. The number of imidazole rings is 1. The van der Waals surface area contributed by atoms with Gasteiger partial charge in [0, 0.05) is 19.4 Å². The zero-order valence-corrected chi connectivity index (χ0v) is 10.7. The lowest BCUT2D eigenvalue weighted by molar-refractivity contribution is 0.784. The van der Waals surface area contributed by atoms with Gasteiger partial charge in [0.1, 0.15) is 18.5 Å². The molecule has 0 saturated heterocycles. The van der Waals surface area contributed by atoms with Crippen molar-refractivity contribution in [3.8, 4) is 5.95 Å². The monoisotopic (exact) mass is 272 g/mol. The molecule has 0 aliphatic carbocycles. The van der Waals surface area contributed by atoms with Crippen molar-refractivity contribution in [2.45, 2.75) is 6.54 Å². The van der Waals surface area contributed by atoms with Crippen LogP contribution < -0.4 is 11.1 Å². The Morgan fingerprint density at radius 1 is 1.30 bits per heavy atom. The highest BCUT2D eigenvalue weighted by Gasteiger charge is 2.07. The molecule has 102 valence electrons. The number of nitrogens with two attached hydrogens (primary N) is 1. The summed E-state index contributed by atoms with van der Waals surface area (Å²) in [4.78, 5) is 20.3. The fraction of sp³-hybridized carbons (Fsp3) is 0.200. The molecule has 3 N–H and O–H groups in total. The zero-order valence-electron chi connectivity index (χ0n) is 10.7. The largest absolute Gasteiger partial charge is 0.368 e. The number of aromatic nitrogens is 8. The summed E-state index contributed by atoms with van der Waals surface area (Å²) in [5.74, 6) is 1.61. The molecule has 3 rings (SSSR count). The first-order chi connectivity index (χ1) is 9.72. The van der Waals surface area contributed by atoms with E-state index >= 15 is 0 Å². The van der Waals surface area contributed by atoms with Crippen LogP contribution in [0.3, 0.4) is 0 Å². The number of nitrogens with one attached hydrogen (secondary N) is 1. The van der Waals surface area contributed by atoms with Crippen molar-refractivity contribution in [3.05, 3.63) is 30.9 Å². The molecule has 0 spiro atoms. The zero-order chi connectivity index (χ0) is 13.9. The molecule has 3 aromatic rings. The van der Waals surface area contributed by atoms with E-state index in [1.807, 2.05) is 17.8 Å². The maximum Gasteiger partial charge on any atom is 0.258 e. The van der Waals surface area contributed by atoms with Gasteiger partial charge in [-0.25, -0.2) is 9.97 Å². The van der Waals surface area contributed by atoms with Gasteiger partial charge in [-0.15, -0.1) is 0 Å². The molecule has 20 heavy (non-hydrogen) atoms. The number of anilines is 2. The van der Waals surface area contributed by atoms with E-state index in [2.05, 4.69) is 35.3 Å². The van der Waals surface area contributed by atoms with E-state index in [0.717, 1.165) is 5.82 Å². The minimum atomic E-state index is 0.104. The average molecular weight is 272 g/mol. The lowest BCUT2D eigenvalue weighted by atomic mass is 10.6. The SMILES string of the molecule is Cn1ccnc1CNc1nc(N)nc(-n2cncn2)n1. The molecule has 0 aliphatic rings. The summed E-state index contributed by atoms with van der Waals surface area (Å²) in [6.45, 7) is 0.476. The summed E-state index contributed by atoms with van der Waals surface area (Å²) in [5, 5.41) is 6.99. The van der Waals surface area contributed by atoms with Gasteiger partial charge in [-0.05, 0) is 0 Å². The third kappa shape index (κ3) is 2.39. The summed E-state index contributed by atoms with van der Waals surface area (Å²) in [7, 11) is 1.91. The first-order valence-electron chi connectivity index (χ1n) is 5.79. The van der Waals surface area contributed by atoms with Crippen LogP contribution >= 0.6 is 0 Å². The molecule has 3 aromatic heterocycles. The second kappa shape index (κ2) is 4.91. The van der Waals surface area contributed by atoms with E-state index in [0.29, 0.717) is 18.4 Å². The van der Waals surface area contributed by atoms with Crippen LogP contribution in [0.1, 0.15) is 5.82 Å². The Morgan fingerprint density at radius 3 is 2.90 bits per heavy atom. The van der Waals surface area contributed by atoms with Gasteiger partial charge in [0.25, 0.3) is 5.95 Å². The Labute approximate surface area is 113 Å². The summed E-state index contributed by atoms with van der Waals surface area (Å²) >= 11 is 0. The van der Waals surface area contributed by atoms with Gasteiger partial charge in [0.05, 0.1) is 6.54 Å². The lowest BCUT2D eigenvalue weighted by Crippen LogP contribution is -2.13. The molecular formula is C10H12N10. The fourth-order valence-corrected chi connectivity index (χ4v) is 1.60. The summed E-state index contributed by atoms with van der Waals surface area (Å²) < 4.78 is 3.31. The van der Waals surface area contributed by atoms with Crippen LogP contribution in [0, 0.1) is 0 Å². The number of nitrogen functional groups attached to an aromatic ring is 1. The second-order valence-corrected chi connectivity index (χ2v) is 3.97. The number of rotatable bonds is 4. The number of aryl methyl sites for hydroxylation is 1. The van der Waals surface area contributed by atoms with Crippen LogP contribution in [0.4, 0.5) is 11.9 Å². The highest BCUT2D eigenvalue weighted by molar-refractivity contribution is 5.34. The Balaban J connectivity index is 1.81. The molecule has 0 unspecified atom stereocenters. The molecule has 0 amide bonds. The molecule has 0 saturated carbocycles. The summed E-state index contributed by atoms with van der Waals surface area (Å²) in [6.07, 6.45) is 6.46. The Morgan fingerprint density at radius 2 is 2.20 bits per heavy atom. The fourth-order valence-electron chi connectivity index (χ4n) is 1.60. The van der Waals surface area contributed by atoms with Crippen LogP contribution in [0.15, 0.2) is 25.0 Å². The molecule has 3 heterocycles. The van der Waals surface area contributed by atoms with E-state index in [9.17, 15) is 0 Å². The molecule has 0 atom stereocenters. The highest BCUT2D eigenvalue weighted by atomic mass is 15.4. The summed E-state index contributed by atoms with van der Waals surface area (Å²) in [5.41, 5.74) is 5.66. The van der Waals surface area contributed by atoms with Crippen LogP contribution in [-0.2, 0) is 13.6 Å². The van der Waals surface area contributed by atoms with Gasteiger partial charge < -0.3 is 15.6 Å². The topological polar surface area (TPSA) is 125 Å². The third-order valence-electron chi connectivity index (χ3n) is 2.59. The van der Waals surface area contributed by atoms with E-state index < -0.39 is 0 Å². The van der Waals surface area contributed by atoms with Crippen molar-refractivity contribution in [3.63, 3.8) is 0 Å². The Kier molecular flexibility index (Phi) is 2.95. The van der Waals surface area contributed by atoms with Crippen LogP contribution in [0.2, 0.25) is 0 Å². The molecule has 0 radical (unpaired) electrons. The Bertz CT molecular complexity index is 701. The second-order valence-electron chi connectivity index (χ2n) is 3.97. The number of hydrogen-bond donors (Lipinski definition) is 2. The number of nitrogens with zero attached hydrogens (tertiary/aromatic N) is 8. The van der Waals surface area contributed by atoms with E-state index in [-0.39, 0.29) is 5.95 Å². The van der Waals surface area contributed by atoms with Gasteiger partial charge in [0.15, 0.2) is 0 Å². The predicted molar refractivity (Wildman–Crippen MR) is 69.7 cm³/mol. The highest BCUT2D eigenvalue weighted by Crippen LogP contribution is 2.07. The van der Waals surface area contributed by atoms with Crippen molar-refractivity contribution in [2.75, 3.05) is 11.1 Å². The molecule has 10 nitrogen and oxygen atoms in total. The average Bonchev–Trinajstić information content (AvgIpc) is 3.07. The van der Waals surface area contributed by atoms with Crippen molar-refractivity contribution < 1.29 is 0 Å². The lowest BCUT2D eigenvalue weighted by Gasteiger charge is -2.06. The van der Waals surface area contributed by atoms with Gasteiger partial charge in [-0.3, -0.25) is 0 Å². The van der Waals surface area contributed by atoms with Gasteiger partial charge in [-0.2, -0.15) is 24.7 Å². The molecule has 10 heteroatoms. The van der Waals surface area contributed by atoms with Crippen LogP contribution in [-0.4, -0.2) is 39.3 Å². The van der Waals surface area contributed by atoms with Gasteiger partial charge in [0.2, 0.25) is 11.9 Å². The van der Waals surface area contributed by atoms with Crippen molar-refractivity contribution in [1.82, 2.24) is 39.3 Å². The maximum atomic E-state index is 5.66. The maximum absolute atomic E-state index is 5.66. The van der Waals surface area contributed by atoms with Gasteiger partial charge in [-0.1, -0.05) is 0 Å². The quantitative estimate of drug-likeness (QED) is 0.643. The predicted octanol–water partition coefficient (Wildman–Crippen LogP) is -0.620. The van der Waals surface area contributed by atoms with E-state index in [4.69, 9.17) is 5.73 Å². The molecule has 0 aromatic carbocycles.